The van der Waals surface area contributed by atoms with Crippen LogP contribution in [0.1, 0.15) is 20.8 Å². The summed E-state index contributed by atoms with van der Waals surface area (Å²) in [5.74, 6) is 0.834. The first-order valence-corrected chi connectivity index (χ1v) is 7.43. The highest BCUT2D eigenvalue weighted by molar-refractivity contribution is 7.55. The monoisotopic (exact) mass is 282 g/mol. The molecule has 0 aliphatic heterocycles. The molecule has 0 saturated heterocycles. The molecule has 0 bridgehead atoms. The quantitative estimate of drug-likeness (QED) is 0.624. The molecule has 6 nitrogen and oxygen atoms in total. The molecule has 0 aromatic carbocycles. The van der Waals surface area contributed by atoms with Crippen LogP contribution in [-0.4, -0.2) is 48.4 Å². The second-order valence-corrected chi connectivity index (χ2v) is 5.73. The van der Waals surface area contributed by atoms with Gasteiger partial charge in [0.2, 0.25) is 0 Å². The van der Waals surface area contributed by atoms with Crippen molar-refractivity contribution in [2.24, 2.45) is 0 Å². The first kappa shape index (κ1) is 17.8. The zero-order valence-electron chi connectivity index (χ0n) is 11.3. The van der Waals surface area contributed by atoms with E-state index in [-0.39, 0.29) is 18.8 Å². The van der Waals surface area contributed by atoms with Gasteiger partial charge in [-0.2, -0.15) is 0 Å². The Morgan fingerprint density at radius 3 is 2.28 bits per heavy atom. The maximum Gasteiger partial charge on any atom is 0.348 e. The molecule has 0 unspecified atom stereocenters. The Labute approximate surface area is 108 Å². The highest BCUT2D eigenvalue weighted by Crippen LogP contribution is 2.36. The van der Waals surface area contributed by atoms with Crippen LogP contribution in [0, 0.1) is 0 Å². The predicted molar refractivity (Wildman–Crippen MR) is 68.5 cm³/mol. The van der Waals surface area contributed by atoms with Gasteiger partial charge in [0.25, 0.3) is 0 Å². The van der Waals surface area contributed by atoms with Crippen molar-refractivity contribution in [2.45, 2.75) is 39.1 Å². The van der Waals surface area contributed by atoms with Crippen molar-refractivity contribution in [1.82, 2.24) is 0 Å². The Kier molecular flexibility index (Phi) is 8.69. The van der Waals surface area contributed by atoms with Crippen molar-refractivity contribution in [3.05, 3.63) is 11.9 Å². The minimum atomic E-state index is -4.17. The second kappa shape index (κ2) is 8.80. The number of hydrogen-bond acceptors (Lipinski definition) is 4. The summed E-state index contributed by atoms with van der Waals surface area (Å²) < 4.78 is 26.6. The predicted octanol–water partition coefficient (Wildman–Crippen LogP) is 1.52. The summed E-state index contributed by atoms with van der Waals surface area (Å²) >= 11 is 0. The normalized spacial score (nSPS) is 16.4. The highest BCUT2D eigenvalue weighted by atomic mass is 31.2. The lowest BCUT2D eigenvalue weighted by Gasteiger charge is -2.20. The van der Waals surface area contributed by atoms with E-state index in [1.54, 1.807) is 7.11 Å². The molecule has 0 aliphatic carbocycles. The molecule has 0 fully saturated rings. The second-order valence-electron chi connectivity index (χ2n) is 4.25. The van der Waals surface area contributed by atoms with Gasteiger partial charge in [-0.05, 0) is 26.8 Å². The average molecular weight is 282 g/mol. The number of methoxy groups -OCH3 is 1. The Bertz CT molecular complexity index is 285. The fourth-order valence-corrected chi connectivity index (χ4v) is 1.62. The lowest BCUT2D eigenvalue weighted by Crippen LogP contribution is -2.27. The van der Waals surface area contributed by atoms with Gasteiger partial charge in [-0.1, -0.05) is 0 Å². The molecular weight excluding hydrogens is 259 g/mol. The fourth-order valence-electron chi connectivity index (χ4n) is 1.21. The molecule has 108 valence electrons. The Balaban J connectivity index is 4.42. The van der Waals surface area contributed by atoms with Gasteiger partial charge in [0, 0.05) is 12.9 Å². The number of hydrogen-bond donors (Lipinski definition) is 2. The summed E-state index contributed by atoms with van der Waals surface area (Å²) in [5, 5.41) is 0. The molecule has 18 heavy (non-hydrogen) atoms. The zero-order valence-corrected chi connectivity index (χ0v) is 12.2. The maximum atomic E-state index is 10.8. The lowest BCUT2D eigenvalue weighted by molar-refractivity contribution is -0.0624. The van der Waals surface area contributed by atoms with Gasteiger partial charge in [-0.15, -0.1) is 0 Å². The first-order valence-electron chi connectivity index (χ1n) is 5.75. The summed E-state index contributed by atoms with van der Waals surface area (Å²) in [6.07, 6.45) is 0.662. The first-order chi connectivity index (χ1) is 8.24. The standard InChI is InChI=1S/C11H23O6P/c1-9(2)16-8-11(5-6-18(12,13)14)17-10(3)7-15-4/h5-6,9-11H,7-8H2,1-4H3,(H2,12,13,14)/b6-5+/t10-,11+/m0/s1. The minimum Gasteiger partial charge on any atom is -0.382 e. The molecule has 0 rings (SSSR count). The molecule has 0 spiro atoms. The van der Waals surface area contributed by atoms with Crippen LogP contribution in [0.15, 0.2) is 11.9 Å². The van der Waals surface area contributed by atoms with Crippen LogP contribution in [0.3, 0.4) is 0 Å². The van der Waals surface area contributed by atoms with Gasteiger partial charge < -0.3 is 24.0 Å². The Morgan fingerprint density at radius 1 is 1.22 bits per heavy atom. The van der Waals surface area contributed by atoms with E-state index in [0.29, 0.717) is 6.61 Å². The van der Waals surface area contributed by atoms with Crippen molar-refractivity contribution < 1.29 is 28.6 Å². The Hall–Kier alpha value is -0.230. The van der Waals surface area contributed by atoms with E-state index in [1.807, 2.05) is 20.8 Å². The van der Waals surface area contributed by atoms with Crippen LogP contribution in [0.2, 0.25) is 0 Å². The molecule has 0 heterocycles. The molecule has 2 atom stereocenters. The molecule has 0 aromatic rings. The average Bonchev–Trinajstić information content (AvgIpc) is 2.21. The highest BCUT2D eigenvalue weighted by Gasteiger charge is 2.14. The van der Waals surface area contributed by atoms with E-state index in [9.17, 15) is 4.57 Å². The van der Waals surface area contributed by atoms with Gasteiger partial charge in [0.15, 0.2) is 0 Å². The van der Waals surface area contributed by atoms with Crippen LogP contribution in [0.25, 0.3) is 0 Å². The molecule has 7 heteroatoms. The third-order valence-corrected chi connectivity index (χ3v) is 2.46. The van der Waals surface area contributed by atoms with Crippen LogP contribution >= 0.6 is 7.60 Å². The van der Waals surface area contributed by atoms with Crippen LogP contribution in [-0.2, 0) is 18.8 Å². The Morgan fingerprint density at radius 2 is 1.83 bits per heavy atom. The van der Waals surface area contributed by atoms with E-state index < -0.39 is 13.7 Å². The smallest absolute Gasteiger partial charge is 0.348 e. The van der Waals surface area contributed by atoms with E-state index >= 15 is 0 Å². The maximum absolute atomic E-state index is 10.8. The fraction of sp³-hybridized carbons (Fsp3) is 0.818. The van der Waals surface area contributed by atoms with Crippen molar-refractivity contribution >= 4 is 7.60 Å². The summed E-state index contributed by atoms with van der Waals surface area (Å²) in [7, 11) is -2.61. The van der Waals surface area contributed by atoms with Crippen molar-refractivity contribution in [3.8, 4) is 0 Å². The topological polar surface area (TPSA) is 85.2 Å². The molecule has 0 amide bonds. The van der Waals surface area contributed by atoms with E-state index in [4.69, 9.17) is 24.0 Å². The van der Waals surface area contributed by atoms with Crippen LogP contribution in [0.5, 0.6) is 0 Å². The summed E-state index contributed by atoms with van der Waals surface area (Å²) in [6.45, 7) is 6.21. The third kappa shape index (κ3) is 10.9. The van der Waals surface area contributed by atoms with Gasteiger partial charge >= 0.3 is 7.60 Å². The van der Waals surface area contributed by atoms with E-state index in [0.717, 1.165) is 5.82 Å². The minimum absolute atomic E-state index is 0.0253. The van der Waals surface area contributed by atoms with Crippen molar-refractivity contribution in [3.63, 3.8) is 0 Å². The van der Waals surface area contributed by atoms with Crippen molar-refractivity contribution in [1.29, 1.82) is 0 Å². The van der Waals surface area contributed by atoms with Crippen LogP contribution < -0.4 is 0 Å². The SMILES string of the molecule is COC[C@H](C)O[C@H](/C=C/P(=O)(O)O)COC(C)C. The van der Waals surface area contributed by atoms with Gasteiger partial charge in [-0.3, -0.25) is 4.57 Å². The zero-order chi connectivity index (χ0) is 14.2. The van der Waals surface area contributed by atoms with E-state index in [1.165, 1.54) is 6.08 Å². The lowest BCUT2D eigenvalue weighted by atomic mass is 10.3. The summed E-state index contributed by atoms with van der Waals surface area (Å²) in [6, 6.07) is 0. The third-order valence-electron chi connectivity index (χ3n) is 1.90. The molecule has 2 N–H and O–H groups in total. The molecule has 0 saturated carbocycles. The van der Waals surface area contributed by atoms with Gasteiger partial charge in [0.1, 0.15) is 0 Å². The molecule has 0 aromatic heterocycles. The summed E-state index contributed by atoms with van der Waals surface area (Å²) in [4.78, 5) is 17.6. The largest absolute Gasteiger partial charge is 0.382 e. The number of rotatable bonds is 9. The number of ether oxygens (including phenoxy) is 3. The molecular formula is C11H23O6P. The van der Waals surface area contributed by atoms with Crippen molar-refractivity contribution in [2.75, 3.05) is 20.3 Å². The van der Waals surface area contributed by atoms with Gasteiger partial charge in [-0.25, -0.2) is 0 Å². The summed E-state index contributed by atoms with van der Waals surface area (Å²) in [5.41, 5.74) is 0. The molecule has 0 radical (unpaired) electrons. The molecule has 0 aliphatic rings. The van der Waals surface area contributed by atoms with Crippen LogP contribution in [0.4, 0.5) is 0 Å². The van der Waals surface area contributed by atoms with Gasteiger partial charge in [0.05, 0.1) is 31.5 Å². The van der Waals surface area contributed by atoms with E-state index in [2.05, 4.69) is 0 Å².